The highest BCUT2D eigenvalue weighted by molar-refractivity contribution is 6.23. The van der Waals surface area contributed by atoms with Crippen LogP contribution in [0.5, 0.6) is 0 Å². The normalized spacial score (nSPS) is 10.7. The van der Waals surface area contributed by atoms with Gasteiger partial charge in [-0.25, -0.2) is 14.4 Å². The van der Waals surface area contributed by atoms with Crippen molar-refractivity contribution in [1.29, 1.82) is 0 Å². The first-order chi connectivity index (χ1) is 9.29. The average Bonchev–Trinajstić information content (AvgIpc) is 2.38. The Hall–Kier alpha value is -2.97. The van der Waals surface area contributed by atoms with Crippen molar-refractivity contribution in [2.24, 2.45) is 0 Å². The highest BCUT2D eigenvalue weighted by Crippen LogP contribution is 2.34. The van der Waals surface area contributed by atoms with Crippen LogP contribution in [-0.4, -0.2) is 40.2 Å². The van der Waals surface area contributed by atoms with Gasteiger partial charge < -0.3 is 14.9 Å². The molecule has 1 aromatic carbocycles. The van der Waals surface area contributed by atoms with E-state index < -0.39 is 39.5 Å². The van der Waals surface area contributed by atoms with Gasteiger partial charge >= 0.3 is 17.9 Å². The molecule has 0 saturated heterocycles. The van der Waals surface area contributed by atoms with Gasteiger partial charge in [-0.15, -0.1) is 0 Å². The number of hydrogen-bond acceptors (Lipinski definition) is 6. The number of carboxylic acids is 2. The molecule has 2 N–H and O–H groups in total. The number of rotatable bonds is 5. The fourth-order valence-corrected chi connectivity index (χ4v) is 1.71. The fourth-order valence-electron chi connectivity index (χ4n) is 1.71. The number of methoxy groups -OCH3 is 1. The second kappa shape index (κ2) is 5.34. The average molecular weight is 283 g/mol. The molecule has 9 heteroatoms. The molecule has 0 amide bonds. The van der Waals surface area contributed by atoms with E-state index in [1.54, 1.807) is 0 Å². The summed E-state index contributed by atoms with van der Waals surface area (Å²) in [7, 11) is 0.789. The van der Waals surface area contributed by atoms with Gasteiger partial charge in [-0.1, -0.05) is 12.1 Å². The maximum absolute atomic E-state index is 11.7. The van der Waals surface area contributed by atoms with Gasteiger partial charge in [0.05, 0.1) is 17.6 Å². The molecule has 0 atom stereocenters. The molecule has 0 bridgehead atoms. The Bertz CT molecular complexity index is 580. The van der Waals surface area contributed by atoms with Crippen molar-refractivity contribution in [1.82, 2.24) is 0 Å². The molecule has 20 heavy (non-hydrogen) atoms. The lowest BCUT2D eigenvalue weighted by molar-refractivity contribution is -0.385. The first kappa shape index (κ1) is 15.1. The quantitative estimate of drug-likeness (QED) is 0.337. The third-order valence-corrected chi connectivity index (χ3v) is 2.64. The van der Waals surface area contributed by atoms with E-state index in [1.807, 2.05) is 0 Å². The summed E-state index contributed by atoms with van der Waals surface area (Å²) in [6.45, 7) is 0. The number of esters is 1. The molecule has 0 heterocycles. The molecule has 0 aromatic heterocycles. The van der Waals surface area contributed by atoms with Crippen molar-refractivity contribution in [3.8, 4) is 0 Å². The van der Waals surface area contributed by atoms with Crippen LogP contribution in [-0.2, 0) is 24.5 Å². The first-order valence-electron chi connectivity index (χ1n) is 5.09. The Morgan fingerprint density at radius 1 is 1.20 bits per heavy atom. The van der Waals surface area contributed by atoms with Crippen molar-refractivity contribution in [2.75, 3.05) is 7.11 Å². The summed E-state index contributed by atoms with van der Waals surface area (Å²) in [6, 6.07) is 4.19. The van der Waals surface area contributed by atoms with E-state index in [0.29, 0.717) is 0 Å². The maximum Gasteiger partial charge on any atom is 0.339 e. The van der Waals surface area contributed by atoms with Gasteiger partial charge in [0.1, 0.15) is 0 Å². The maximum atomic E-state index is 11.7. The topological polar surface area (TPSA) is 144 Å². The highest BCUT2D eigenvalue weighted by atomic mass is 16.6. The SMILES string of the molecule is COC(=O)C(C(=O)O)(C(=O)O)c1ccccc1[N+](=O)[O-]. The Morgan fingerprint density at radius 3 is 2.10 bits per heavy atom. The number of nitro benzene ring substituents is 1. The van der Waals surface area contributed by atoms with Crippen LogP contribution in [0.4, 0.5) is 5.69 Å². The fraction of sp³-hybridized carbons (Fsp3) is 0.182. The first-order valence-corrected chi connectivity index (χ1v) is 5.09. The second-order valence-electron chi connectivity index (χ2n) is 3.63. The van der Waals surface area contributed by atoms with Crippen LogP contribution >= 0.6 is 0 Å². The summed E-state index contributed by atoms with van der Waals surface area (Å²) in [5, 5.41) is 29.2. The zero-order valence-corrected chi connectivity index (χ0v) is 10.1. The lowest BCUT2D eigenvalue weighted by Gasteiger charge is -2.21. The van der Waals surface area contributed by atoms with E-state index in [1.165, 1.54) is 12.1 Å². The number of ether oxygens (including phenoxy) is 1. The third kappa shape index (κ3) is 2.05. The van der Waals surface area contributed by atoms with Crippen molar-refractivity contribution < 1.29 is 34.3 Å². The van der Waals surface area contributed by atoms with Crippen LogP contribution in [0.1, 0.15) is 5.56 Å². The van der Waals surface area contributed by atoms with Gasteiger partial charge in [0.15, 0.2) is 0 Å². The van der Waals surface area contributed by atoms with E-state index >= 15 is 0 Å². The van der Waals surface area contributed by atoms with Crippen molar-refractivity contribution >= 4 is 23.6 Å². The summed E-state index contributed by atoms with van der Waals surface area (Å²) in [4.78, 5) is 44.3. The molecule has 0 aliphatic rings. The van der Waals surface area contributed by atoms with E-state index in [4.69, 9.17) is 10.2 Å². The monoisotopic (exact) mass is 283 g/mol. The zero-order chi connectivity index (χ0) is 15.5. The summed E-state index contributed by atoms with van der Waals surface area (Å²) < 4.78 is 4.20. The Kier molecular flexibility index (Phi) is 4.03. The number of para-hydroxylation sites is 1. The van der Waals surface area contributed by atoms with Crippen LogP contribution in [0, 0.1) is 10.1 Å². The lowest BCUT2D eigenvalue weighted by atomic mass is 9.79. The number of carbonyl (C=O) groups excluding carboxylic acids is 1. The Labute approximate surface area is 111 Å². The van der Waals surface area contributed by atoms with E-state index in [0.717, 1.165) is 19.2 Å². The van der Waals surface area contributed by atoms with Crippen molar-refractivity contribution in [2.45, 2.75) is 5.41 Å². The van der Waals surface area contributed by atoms with Crippen LogP contribution in [0.2, 0.25) is 0 Å². The van der Waals surface area contributed by atoms with Gasteiger partial charge in [0.2, 0.25) is 0 Å². The zero-order valence-electron chi connectivity index (χ0n) is 10.1. The third-order valence-electron chi connectivity index (χ3n) is 2.64. The molecular formula is C11H9NO8. The number of aliphatic carboxylic acids is 2. The van der Waals surface area contributed by atoms with E-state index in [-0.39, 0.29) is 0 Å². The molecule has 0 aliphatic heterocycles. The molecule has 0 unspecified atom stereocenters. The number of carboxylic acid groups (broad SMARTS) is 2. The minimum absolute atomic E-state index is 0.781. The molecule has 1 rings (SSSR count). The van der Waals surface area contributed by atoms with Crippen molar-refractivity contribution in [3.63, 3.8) is 0 Å². The van der Waals surface area contributed by atoms with Crippen LogP contribution in [0.15, 0.2) is 24.3 Å². The van der Waals surface area contributed by atoms with E-state index in [2.05, 4.69) is 4.74 Å². The molecule has 0 fully saturated rings. The number of nitro groups is 1. The molecular weight excluding hydrogens is 274 g/mol. The minimum atomic E-state index is -3.20. The standard InChI is InChI=1S/C11H9NO8/c1-20-10(17)11(8(13)14,9(15)16)6-4-2-3-5-7(6)12(18)19/h2-5H,1H3,(H,13,14)(H,15,16). The molecule has 0 spiro atoms. The molecule has 9 nitrogen and oxygen atoms in total. The lowest BCUT2D eigenvalue weighted by Crippen LogP contribution is -2.51. The van der Waals surface area contributed by atoms with Gasteiger partial charge in [-0.3, -0.25) is 10.1 Å². The Balaban J connectivity index is 3.79. The molecule has 1 aromatic rings. The summed E-state index contributed by atoms with van der Waals surface area (Å²) in [5.41, 5.74) is -4.78. The predicted octanol–water partition coefficient (Wildman–Crippen LogP) is 0.175. The summed E-state index contributed by atoms with van der Waals surface area (Å²) in [6.07, 6.45) is 0. The highest BCUT2D eigenvalue weighted by Gasteiger charge is 2.59. The summed E-state index contributed by atoms with van der Waals surface area (Å²) >= 11 is 0. The van der Waals surface area contributed by atoms with Crippen LogP contribution < -0.4 is 0 Å². The van der Waals surface area contributed by atoms with Crippen molar-refractivity contribution in [3.05, 3.63) is 39.9 Å². The van der Waals surface area contributed by atoms with E-state index in [9.17, 15) is 24.5 Å². The number of benzene rings is 1. The smallest absolute Gasteiger partial charge is 0.339 e. The second-order valence-corrected chi connectivity index (χ2v) is 3.63. The van der Waals surface area contributed by atoms with Gasteiger partial charge in [-0.2, -0.15) is 0 Å². The van der Waals surface area contributed by atoms with Gasteiger partial charge in [0.25, 0.3) is 11.1 Å². The van der Waals surface area contributed by atoms with Crippen LogP contribution in [0.3, 0.4) is 0 Å². The number of nitrogens with zero attached hydrogens (tertiary/aromatic N) is 1. The number of carbonyl (C=O) groups is 3. The Morgan fingerprint density at radius 2 is 1.70 bits per heavy atom. The minimum Gasteiger partial charge on any atom is -0.480 e. The number of hydrogen-bond donors (Lipinski definition) is 2. The molecule has 0 saturated carbocycles. The largest absolute Gasteiger partial charge is 0.480 e. The van der Waals surface area contributed by atoms with Gasteiger partial charge in [-0.05, 0) is 6.07 Å². The molecule has 0 aliphatic carbocycles. The predicted molar refractivity (Wildman–Crippen MR) is 62.1 cm³/mol. The van der Waals surface area contributed by atoms with Gasteiger partial charge in [0, 0.05) is 6.07 Å². The summed E-state index contributed by atoms with van der Waals surface area (Å²) in [5.74, 6) is -5.79. The molecule has 0 radical (unpaired) electrons. The molecule has 106 valence electrons. The van der Waals surface area contributed by atoms with Crippen LogP contribution in [0.25, 0.3) is 0 Å².